The molecule has 0 aromatic heterocycles. The molecule has 2 aromatic carbocycles. The van der Waals surface area contributed by atoms with E-state index in [1.807, 2.05) is 0 Å². The van der Waals surface area contributed by atoms with E-state index in [4.69, 9.17) is 0 Å². The average molecular weight is 271 g/mol. The summed E-state index contributed by atoms with van der Waals surface area (Å²) >= 11 is 0. The Morgan fingerprint density at radius 3 is 2.30 bits per heavy atom. The Morgan fingerprint density at radius 2 is 1.70 bits per heavy atom. The molecular formula is C16H11F2NO. The highest BCUT2D eigenvalue weighted by molar-refractivity contribution is 6.11. The zero-order valence-corrected chi connectivity index (χ0v) is 10.7. The summed E-state index contributed by atoms with van der Waals surface area (Å²) < 4.78 is 28.7. The number of ketones is 1. The number of benzene rings is 2. The number of fused-ring (bicyclic) bond motifs is 1. The van der Waals surface area contributed by atoms with E-state index in [0.717, 1.165) is 0 Å². The van der Waals surface area contributed by atoms with Crippen LogP contribution >= 0.6 is 0 Å². The number of hydrogen-bond acceptors (Lipinski definition) is 2. The third-order valence-corrected chi connectivity index (χ3v) is 3.34. The molecule has 0 fully saturated rings. The number of rotatable bonds is 2. The number of Topliss-reactive ketones (excluding diaryl/α,β-unsaturated/α-hetero) is 1. The first-order valence-electron chi connectivity index (χ1n) is 6.18. The first kappa shape index (κ1) is 12.7. The van der Waals surface area contributed by atoms with Gasteiger partial charge in [-0.1, -0.05) is 42.5 Å². The van der Waals surface area contributed by atoms with Crippen molar-refractivity contribution in [1.29, 1.82) is 0 Å². The van der Waals surface area contributed by atoms with Gasteiger partial charge in [-0.3, -0.25) is 4.79 Å². The van der Waals surface area contributed by atoms with Crippen LogP contribution in [0.25, 0.3) is 0 Å². The molecule has 0 radical (unpaired) electrons. The van der Waals surface area contributed by atoms with E-state index in [-0.39, 0.29) is 17.1 Å². The Hall–Kier alpha value is -2.36. The number of alkyl halides is 2. The Balaban J connectivity index is 2.06. The SMILES string of the molecule is CC(=O)c1ccc(C2=Nc3ccccc3C2(F)F)cc1. The Labute approximate surface area is 114 Å². The zero-order chi connectivity index (χ0) is 14.3. The average Bonchev–Trinajstić information content (AvgIpc) is 2.71. The van der Waals surface area contributed by atoms with Crippen molar-refractivity contribution in [2.75, 3.05) is 0 Å². The van der Waals surface area contributed by atoms with Crippen LogP contribution in [-0.4, -0.2) is 11.5 Å². The normalized spacial score (nSPS) is 15.7. The summed E-state index contributed by atoms with van der Waals surface area (Å²) in [6.07, 6.45) is 0. The number of carbonyl (C=O) groups is 1. The van der Waals surface area contributed by atoms with Gasteiger partial charge in [-0.15, -0.1) is 0 Å². The Morgan fingerprint density at radius 1 is 1.05 bits per heavy atom. The van der Waals surface area contributed by atoms with Crippen LogP contribution in [0, 0.1) is 0 Å². The second-order valence-corrected chi connectivity index (χ2v) is 4.69. The van der Waals surface area contributed by atoms with Crippen molar-refractivity contribution in [1.82, 2.24) is 0 Å². The molecule has 0 saturated heterocycles. The summed E-state index contributed by atoms with van der Waals surface area (Å²) in [5.74, 6) is -3.20. The van der Waals surface area contributed by atoms with Gasteiger partial charge in [0.2, 0.25) is 0 Å². The summed E-state index contributed by atoms with van der Waals surface area (Å²) in [4.78, 5) is 15.2. The van der Waals surface area contributed by atoms with Crippen LogP contribution in [0.5, 0.6) is 0 Å². The number of para-hydroxylation sites is 1. The lowest BCUT2D eigenvalue weighted by Gasteiger charge is -2.13. The van der Waals surface area contributed by atoms with Crippen LogP contribution in [-0.2, 0) is 5.92 Å². The van der Waals surface area contributed by atoms with Crippen LogP contribution in [0.3, 0.4) is 0 Å². The van der Waals surface area contributed by atoms with Crippen molar-refractivity contribution in [2.24, 2.45) is 4.99 Å². The molecular weight excluding hydrogens is 260 g/mol. The minimum Gasteiger partial charge on any atom is -0.295 e. The third-order valence-electron chi connectivity index (χ3n) is 3.34. The number of hydrogen-bond donors (Lipinski definition) is 0. The molecule has 0 amide bonds. The summed E-state index contributed by atoms with van der Waals surface area (Å²) in [7, 11) is 0. The first-order chi connectivity index (χ1) is 9.50. The van der Waals surface area contributed by atoms with Crippen molar-refractivity contribution in [2.45, 2.75) is 12.8 Å². The van der Waals surface area contributed by atoms with E-state index in [2.05, 4.69) is 4.99 Å². The summed E-state index contributed by atoms with van der Waals surface area (Å²) in [5, 5.41) is 0. The van der Waals surface area contributed by atoms with Gasteiger partial charge in [0.15, 0.2) is 5.78 Å². The molecule has 0 N–H and O–H groups in total. The van der Waals surface area contributed by atoms with E-state index in [0.29, 0.717) is 16.8 Å². The number of aliphatic imine (C=N–C) groups is 1. The maximum absolute atomic E-state index is 14.3. The van der Waals surface area contributed by atoms with E-state index in [9.17, 15) is 13.6 Å². The predicted octanol–water partition coefficient (Wildman–Crippen LogP) is 4.12. The molecule has 0 bridgehead atoms. The molecule has 1 aliphatic rings. The Kier molecular flexibility index (Phi) is 2.74. The lowest BCUT2D eigenvalue weighted by molar-refractivity contribution is 0.0810. The monoisotopic (exact) mass is 271 g/mol. The van der Waals surface area contributed by atoms with Crippen LogP contribution in [0.15, 0.2) is 53.5 Å². The maximum Gasteiger partial charge on any atom is 0.317 e. The molecule has 4 heteroatoms. The van der Waals surface area contributed by atoms with Crippen LogP contribution in [0.2, 0.25) is 0 Å². The van der Waals surface area contributed by atoms with Crippen molar-refractivity contribution >= 4 is 17.2 Å². The number of halogens is 2. The van der Waals surface area contributed by atoms with Crippen LogP contribution in [0.1, 0.15) is 28.4 Å². The minimum absolute atomic E-state index is 0.0781. The van der Waals surface area contributed by atoms with E-state index in [1.165, 1.54) is 25.1 Å². The maximum atomic E-state index is 14.3. The zero-order valence-electron chi connectivity index (χ0n) is 10.7. The highest BCUT2D eigenvalue weighted by Crippen LogP contribution is 2.44. The van der Waals surface area contributed by atoms with Gasteiger partial charge >= 0.3 is 5.92 Å². The van der Waals surface area contributed by atoms with Crippen molar-refractivity contribution in [3.8, 4) is 0 Å². The Bertz CT molecular complexity index is 718. The quantitative estimate of drug-likeness (QED) is 0.755. The van der Waals surface area contributed by atoms with E-state index < -0.39 is 5.92 Å². The molecule has 0 aliphatic carbocycles. The molecule has 20 heavy (non-hydrogen) atoms. The summed E-state index contributed by atoms with van der Waals surface area (Å²) in [5.41, 5.74) is 0.770. The minimum atomic E-state index is -3.10. The van der Waals surface area contributed by atoms with Gasteiger partial charge < -0.3 is 0 Å². The van der Waals surface area contributed by atoms with Gasteiger partial charge in [0.1, 0.15) is 5.71 Å². The molecule has 1 heterocycles. The second-order valence-electron chi connectivity index (χ2n) is 4.69. The molecule has 0 unspecified atom stereocenters. The van der Waals surface area contributed by atoms with E-state index in [1.54, 1.807) is 30.3 Å². The summed E-state index contributed by atoms with van der Waals surface area (Å²) in [6, 6.07) is 12.3. The molecule has 100 valence electrons. The lowest BCUT2D eigenvalue weighted by atomic mass is 9.99. The van der Waals surface area contributed by atoms with Gasteiger partial charge in [-0.25, -0.2) is 4.99 Å². The molecule has 3 rings (SSSR count). The van der Waals surface area contributed by atoms with Gasteiger partial charge in [0, 0.05) is 11.1 Å². The molecule has 1 aliphatic heterocycles. The molecule has 0 saturated carbocycles. The molecule has 0 atom stereocenters. The molecule has 2 nitrogen and oxygen atoms in total. The number of nitrogens with zero attached hydrogens (tertiary/aromatic N) is 1. The fourth-order valence-corrected chi connectivity index (χ4v) is 2.26. The van der Waals surface area contributed by atoms with Crippen molar-refractivity contribution in [3.05, 3.63) is 65.2 Å². The van der Waals surface area contributed by atoms with Crippen molar-refractivity contribution < 1.29 is 13.6 Å². The topological polar surface area (TPSA) is 29.4 Å². The number of carbonyl (C=O) groups excluding carboxylic acids is 1. The standard InChI is InChI=1S/C16H11F2NO/c1-10(20)11-6-8-12(9-7-11)15-16(17,18)13-4-2-3-5-14(13)19-15/h2-9H,1H3. The van der Waals surface area contributed by atoms with Crippen molar-refractivity contribution in [3.63, 3.8) is 0 Å². The third kappa shape index (κ3) is 1.84. The largest absolute Gasteiger partial charge is 0.317 e. The predicted molar refractivity (Wildman–Crippen MR) is 73.0 cm³/mol. The highest BCUT2D eigenvalue weighted by Gasteiger charge is 2.45. The fourth-order valence-electron chi connectivity index (χ4n) is 2.26. The molecule has 0 spiro atoms. The summed E-state index contributed by atoms with van der Waals surface area (Å²) in [6.45, 7) is 1.44. The van der Waals surface area contributed by atoms with E-state index >= 15 is 0 Å². The lowest BCUT2D eigenvalue weighted by Crippen LogP contribution is -2.23. The first-order valence-corrected chi connectivity index (χ1v) is 6.18. The smallest absolute Gasteiger partial charge is 0.295 e. The van der Waals surface area contributed by atoms with Gasteiger partial charge in [-0.05, 0) is 13.0 Å². The van der Waals surface area contributed by atoms with Gasteiger partial charge in [0.25, 0.3) is 0 Å². The van der Waals surface area contributed by atoms with Gasteiger partial charge in [0.05, 0.1) is 11.3 Å². The molecule has 2 aromatic rings. The highest BCUT2D eigenvalue weighted by atomic mass is 19.3. The van der Waals surface area contributed by atoms with Crippen LogP contribution in [0.4, 0.5) is 14.5 Å². The van der Waals surface area contributed by atoms with Crippen LogP contribution < -0.4 is 0 Å². The van der Waals surface area contributed by atoms with Gasteiger partial charge in [-0.2, -0.15) is 8.78 Å². The fraction of sp³-hybridized carbons (Fsp3) is 0.125. The second kappa shape index (κ2) is 4.34.